The summed E-state index contributed by atoms with van der Waals surface area (Å²) in [5.41, 5.74) is 1.26. The summed E-state index contributed by atoms with van der Waals surface area (Å²) >= 11 is 5.69. The molecule has 0 aliphatic heterocycles. The summed E-state index contributed by atoms with van der Waals surface area (Å²) in [4.78, 5) is 28.3. The molecule has 0 unspecified atom stereocenters. The molecule has 0 aliphatic carbocycles. The average molecular weight is 383 g/mol. The van der Waals surface area contributed by atoms with Gasteiger partial charge in [0.25, 0.3) is 5.91 Å². The van der Waals surface area contributed by atoms with Gasteiger partial charge in [0.2, 0.25) is 0 Å². The highest BCUT2D eigenvalue weighted by Gasteiger charge is 2.12. The van der Waals surface area contributed by atoms with Crippen molar-refractivity contribution in [1.29, 1.82) is 0 Å². The van der Waals surface area contributed by atoms with Crippen LogP contribution in [0.1, 0.15) is 20.7 Å². The van der Waals surface area contributed by atoms with Crippen LogP contribution in [0.3, 0.4) is 0 Å². The van der Waals surface area contributed by atoms with Crippen LogP contribution >= 0.6 is 11.6 Å². The van der Waals surface area contributed by atoms with E-state index in [1.807, 2.05) is 0 Å². The molecule has 136 valence electrons. The van der Waals surface area contributed by atoms with Gasteiger partial charge in [-0.2, -0.15) is 0 Å². The number of carbonyl (C=O) groups is 2. The van der Waals surface area contributed by atoms with Crippen molar-refractivity contribution >= 4 is 29.2 Å². The standard InChI is InChI=1S/C20H15ClN2O4/c1-26-17-5-3-2-4-16(17)19(24)23-14-7-9-15(10-8-14)27-20(25)13-6-11-18(21)22-12-13/h2-12H,1H3,(H,23,24). The van der Waals surface area contributed by atoms with Crippen molar-refractivity contribution in [2.45, 2.75) is 0 Å². The van der Waals surface area contributed by atoms with E-state index in [2.05, 4.69) is 10.3 Å². The first kappa shape index (κ1) is 18.4. The van der Waals surface area contributed by atoms with Crippen LogP contribution in [-0.2, 0) is 0 Å². The van der Waals surface area contributed by atoms with Crippen molar-refractivity contribution in [2.24, 2.45) is 0 Å². The molecule has 2 aromatic carbocycles. The number of hydrogen-bond acceptors (Lipinski definition) is 5. The number of para-hydroxylation sites is 1. The first-order chi connectivity index (χ1) is 13.1. The van der Waals surface area contributed by atoms with Crippen molar-refractivity contribution < 1.29 is 19.1 Å². The molecule has 0 saturated carbocycles. The Morgan fingerprint density at radius 3 is 2.41 bits per heavy atom. The number of benzene rings is 2. The Kier molecular flexibility index (Phi) is 5.68. The van der Waals surface area contributed by atoms with Gasteiger partial charge >= 0.3 is 5.97 Å². The number of ether oxygens (including phenoxy) is 2. The van der Waals surface area contributed by atoms with E-state index in [0.29, 0.717) is 27.9 Å². The SMILES string of the molecule is COc1ccccc1C(=O)Nc1ccc(OC(=O)c2ccc(Cl)nc2)cc1. The average Bonchev–Trinajstić information content (AvgIpc) is 2.69. The van der Waals surface area contributed by atoms with Crippen molar-refractivity contribution in [1.82, 2.24) is 4.98 Å². The fourth-order valence-corrected chi connectivity index (χ4v) is 2.41. The lowest BCUT2D eigenvalue weighted by molar-refractivity contribution is 0.0734. The highest BCUT2D eigenvalue weighted by molar-refractivity contribution is 6.29. The van der Waals surface area contributed by atoms with Gasteiger partial charge in [-0.25, -0.2) is 9.78 Å². The molecule has 0 radical (unpaired) electrons. The first-order valence-corrected chi connectivity index (χ1v) is 8.33. The van der Waals surface area contributed by atoms with E-state index in [4.69, 9.17) is 21.1 Å². The maximum Gasteiger partial charge on any atom is 0.345 e. The minimum absolute atomic E-state index is 0.285. The lowest BCUT2D eigenvalue weighted by atomic mass is 10.2. The summed E-state index contributed by atoms with van der Waals surface area (Å²) in [6.07, 6.45) is 1.34. The Hall–Kier alpha value is -3.38. The Labute approximate surface area is 160 Å². The molecule has 1 amide bonds. The molecular formula is C20H15ClN2O4. The summed E-state index contributed by atoms with van der Waals surface area (Å²) < 4.78 is 10.5. The van der Waals surface area contributed by atoms with E-state index < -0.39 is 5.97 Å². The summed E-state index contributed by atoms with van der Waals surface area (Å²) in [6.45, 7) is 0. The second kappa shape index (κ2) is 8.33. The fourth-order valence-electron chi connectivity index (χ4n) is 2.30. The molecule has 7 heteroatoms. The molecule has 0 atom stereocenters. The quantitative estimate of drug-likeness (QED) is 0.406. The summed E-state index contributed by atoms with van der Waals surface area (Å²) in [5.74, 6) is -0.0308. The number of pyridine rings is 1. The molecule has 3 rings (SSSR count). The third kappa shape index (κ3) is 4.62. The zero-order valence-corrected chi connectivity index (χ0v) is 15.1. The number of hydrogen-bond donors (Lipinski definition) is 1. The number of methoxy groups -OCH3 is 1. The van der Waals surface area contributed by atoms with Crippen LogP contribution in [0.15, 0.2) is 66.9 Å². The number of esters is 1. The largest absolute Gasteiger partial charge is 0.496 e. The van der Waals surface area contributed by atoms with Gasteiger partial charge in [-0.05, 0) is 48.5 Å². The van der Waals surface area contributed by atoms with Crippen LogP contribution in [0.25, 0.3) is 0 Å². The fraction of sp³-hybridized carbons (Fsp3) is 0.0500. The van der Waals surface area contributed by atoms with Crippen LogP contribution in [0.4, 0.5) is 5.69 Å². The van der Waals surface area contributed by atoms with E-state index in [1.165, 1.54) is 25.4 Å². The van der Waals surface area contributed by atoms with E-state index in [-0.39, 0.29) is 11.5 Å². The third-order valence-electron chi connectivity index (χ3n) is 3.64. The summed E-state index contributed by atoms with van der Waals surface area (Å²) in [5, 5.41) is 3.06. The topological polar surface area (TPSA) is 77.5 Å². The smallest absolute Gasteiger partial charge is 0.345 e. The molecular weight excluding hydrogens is 368 g/mol. The minimum atomic E-state index is -0.551. The normalized spacial score (nSPS) is 10.1. The predicted molar refractivity (Wildman–Crippen MR) is 102 cm³/mol. The number of aromatic nitrogens is 1. The van der Waals surface area contributed by atoms with Crippen LogP contribution in [0.2, 0.25) is 5.15 Å². The number of nitrogens with zero attached hydrogens (tertiary/aromatic N) is 1. The van der Waals surface area contributed by atoms with Crippen LogP contribution in [0, 0.1) is 0 Å². The molecule has 1 heterocycles. The van der Waals surface area contributed by atoms with Crippen LogP contribution in [-0.4, -0.2) is 24.0 Å². The van der Waals surface area contributed by atoms with Gasteiger partial charge in [0.1, 0.15) is 16.7 Å². The highest BCUT2D eigenvalue weighted by Crippen LogP contribution is 2.21. The minimum Gasteiger partial charge on any atom is -0.496 e. The lowest BCUT2D eigenvalue weighted by Gasteiger charge is -2.10. The Bertz CT molecular complexity index is 956. The second-order valence-electron chi connectivity index (χ2n) is 5.44. The van der Waals surface area contributed by atoms with Crippen molar-refractivity contribution in [3.8, 4) is 11.5 Å². The molecule has 0 bridgehead atoms. The Morgan fingerprint density at radius 1 is 1.00 bits per heavy atom. The number of nitrogens with one attached hydrogen (secondary N) is 1. The Morgan fingerprint density at radius 2 is 1.74 bits per heavy atom. The molecule has 6 nitrogen and oxygen atoms in total. The monoisotopic (exact) mass is 382 g/mol. The molecule has 0 spiro atoms. The predicted octanol–water partition coefficient (Wildman–Crippen LogP) is 4.22. The van der Waals surface area contributed by atoms with Crippen molar-refractivity contribution in [3.63, 3.8) is 0 Å². The van der Waals surface area contributed by atoms with Crippen molar-refractivity contribution in [3.05, 3.63) is 83.1 Å². The van der Waals surface area contributed by atoms with Crippen LogP contribution in [0.5, 0.6) is 11.5 Å². The second-order valence-corrected chi connectivity index (χ2v) is 5.83. The lowest BCUT2D eigenvalue weighted by Crippen LogP contribution is -2.13. The number of halogens is 1. The number of anilines is 1. The zero-order valence-electron chi connectivity index (χ0n) is 14.3. The van der Waals surface area contributed by atoms with Gasteiger partial charge in [0.05, 0.1) is 18.2 Å². The summed E-state index contributed by atoms with van der Waals surface area (Å²) in [7, 11) is 1.51. The first-order valence-electron chi connectivity index (χ1n) is 7.95. The number of amides is 1. The van der Waals surface area contributed by atoms with E-state index >= 15 is 0 Å². The van der Waals surface area contributed by atoms with Crippen LogP contribution < -0.4 is 14.8 Å². The van der Waals surface area contributed by atoms with Gasteiger partial charge in [-0.3, -0.25) is 4.79 Å². The van der Waals surface area contributed by atoms with Gasteiger partial charge in [-0.1, -0.05) is 23.7 Å². The highest BCUT2D eigenvalue weighted by atomic mass is 35.5. The molecule has 0 fully saturated rings. The van der Waals surface area contributed by atoms with E-state index in [9.17, 15) is 9.59 Å². The molecule has 0 saturated heterocycles. The van der Waals surface area contributed by atoms with Gasteiger partial charge < -0.3 is 14.8 Å². The molecule has 1 N–H and O–H groups in total. The molecule has 27 heavy (non-hydrogen) atoms. The summed E-state index contributed by atoms with van der Waals surface area (Å²) in [6, 6.07) is 16.4. The van der Waals surface area contributed by atoms with E-state index in [1.54, 1.807) is 48.5 Å². The number of rotatable bonds is 5. The van der Waals surface area contributed by atoms with Crippen molar-refractivity contribution in [2.75, 3.05) is 12.4 Å². The molecule has 0 aliphatic rings. The molecule has 3 aromatic rings. The maximum absolute atomic E-state index is 12.4. The van der Waals surface area contributed by atoms with Gasteiger partial charge in [-0.15, -0.1) is 0 Å². The number of carbonyl (C=O) groups excluding carboxylic acids is 2. The Balaban J connectivity index is 1.65. The third-order valence-corrected chi connectivity index (χ3v) is 3.86. The zero-order chi connectivity index (χ0) is 19.2. The van der Waals surface area contributed by atoms with E-state index in [0.717, 1.165) is 0 Å². The van der Waals surface area contributed by atoms with Gasteiger partial charge in [0, 0.05) is 11.9 Å². The van der Waals surface area contributed by atoms with Gasteiger partial charge in [0.15, 0.2) is 0 Å². The maximum atomic E-state index is 12.4. The molecule has 1 aromatic heterocycles.